The van der Waals surface area contributed by atoms with Crippen molar-refractivity contribution in [2.24, 2.45) is 0 Å². The molecule has 184 valence electrons. The largest absolute Gasteiger partial charge is 0.507 e. The number of phenols is 1. The van der Waals surface area contributed by atoms with Crippen molar-refractivity contribution in [2.75, 3.05) is 31.1 Å². The van der Waals surface area contributed by atoms with Crippen molar-refractivity contribution in [3.63, 3.8) is 0 Å². The summed E-state index contributed by atoms with van der Waals surface area (Å²) in [6, 6.07) is 22.5. The molecule has 1 aliphatic heterocycles. The molecule has 2 N–H and O–H groups in total. The first-order valence-electron chi connectivity index (χ1n) is 11.9. The molecule has 1 atom stereocenters. The van der Waals surface area contributed by atoms with Gasteiger partial charge in [0.15, 0.2) is 5.82 Å². The highest BCUT2D eigenvalue weighted by atomic mass is 16.5. The van der Waals surface area contributed by atoms with Crippen LogP contribution in [0.15, 0.2) is 72.8 Å². The number of fused-ring (bicyclic) bond motifs is 1. The van der Waals surface area contributed by atoms with Crippen molar-refractivity contribution in [1.29, 1.82) is 0 Å². The zero-order valence-electron chi connectivity index (χ0n) is 20.0. The number of carbonyl (C=O) groups is 1. The zero-order chi connectivity index (χ0) is 25.1. The van der Waals surface area contributed by atoms with Crippen LogP contribution >= 0.6 is 0 Å². The molecule has 0 spiro atoms. The second-order valence-electron chi connectivity index (χ2n) is 8.99. The highest BCUT2D eigenvalue weighted by Gasteiger charge is 2.32. The predicted molar refractivity (Wildman–Crippen MR) is 138 cm³/mol. The summed E-state index contributed by atoms with van der Waals surface area (Å²) >= 11 is 0. The fourth-order valence-electron chi connectivity index (χ4n) is 4.58. The number of anilines is 1. The average Bonchev–Trinajstić information content (AvgIpc) is 2.88. The highest BCUT2D eigenvalue weighted by molar-refractivity contribution is 5.92. The van der Waals surface area contributed by atoms with E-state index < -0.39 is 6.09 Å². The molecule has 0 saturated carbocycles. The average molecular weight is 485 g/mol. The first-order valence-corrected chi connectivity index (χ1v) is 11.9. The van der Waals surface area contributed by atoms with Gasteiger partial charge in [-0.15, -0.1) is 0 Å². The van der Waals surface area contributed by atoms with Crippen molar-refractivity contribution in [3.8, 4) is 17.1 Å². The smallest absolute Gasteiger partial charge is 0.407 e. The lowest BCUT2D eigenvalue weighted by atomic mass is 10.1. The van der Waals surface area contributed by atoms with Gasteiger partial charge in [-0.1, -0.05) is 48.5 Å². The molecule has 1 saturated heterocycles. The maximum absolute atomic E-state index is 12.0. The van der Waals surface area contributed by atoms with Crippen LogP contribution < -0.4 is 4.90 Å². The zero-order valence-corrected chi connectivity index (χ0v) is 20.0. The molecule has 8 heteroatoms. The molecule has 0 aliphatic carbocycles. The molecule has 1 aromatic heterocycles. The lowest BCUT2D eigenvalue weighted by Gasteiger charge is -2.40. The molecule has 1 fully saturated rings. The third kappa shape index (κ3) is 4.94. The minimum absolute atomic E-state index is 0.110. The van der Waals surface area contributed by atoms with Crippen LogP contribution in [0.25, 0.3) is 22.3 Å². The molecule has 0 radical (unpaired) electrons. The summed E-state index contributed by atoms with van der Waals surface area (Å²) in [6.45, 7) is 3.94. The maximum Gasteiger partial charge on any atom is 0.407 e. The van der Waals surface area contributed by atoms with Gasteiger partial charge in [-0.05, 0) is 42.3 Å². The summed E-state index contributed by atoms with van der Waals surface area (Å²) in [6.07, 6.45) is -0.957. The quantitative estimate of drug-likeness (QED) is 0.409. The van der Waals surface area contributed by atoms with Gasteiger partial charge in [-0.25, -0.2) is 14.8 Å². The molecule has 1 amide bonds. The van der Waals surface area contributed by atoms with Crippen LogP contribution in [0.1, 0.15) is 11.1 Å². The number of phenolic OH excluding ortho intramolecular Hbond substituents is 1. The van der Waals surface area contributed by atoms with Crippen LogP contribution in [-0.4, -0.2) is 63.5 Å². The Morgan fingerprint density at radius 3 is 2.58 bits per heavy atom. The standard InChI is InChI=1S/C28H28N4O4/c1-19-11-12-22-24(15-19)29-26(23-9-5-6-10-25(23)33)30-27(22)31-13-14-32(28(34)35)21(16-31)18-36-17-20-7-3-2-4-8-20/h2-12,15,21,33H,13-14,16-18H2,1H3,(H,34,35). The predicted octanol–water partition coefficient (Wildman–Crippen LogP) is 4.70. The molecule has 8 nitrogen and oxygen atoms in total. The summed E-state index contributed by atoms with van der Waals surface area (Å²) in [7, 11) is 0. The Morgan fingerprint density at radius 2 is 1.81 bits per heavy atom. The van der Waals surface area contributed by atoms with Crippen LogP contribution in [0, 0.1) is 6.92 Å². The number of carboxylic acid groups (broad SMARTS) is 1. The van der Waals surface area contributed by atoms with Crippen LogP contribution in [-0.2, 0) is 11.3 Å². The van der Waals surface area contributed by atoms with E-state index in [0.29, 0.717) is 37.6 Å². The highest BCUT2D eigenvalue weighted by Crippen LogP contribution is 2.32. The topological polar surface area (TPSA) is 99.0 Å². The minimum Gasteiger partial charge on any atom is -0.507 e. The van der Waals surface area contributed by atoms with Crippen LogP contribution in [0.4, 0.5) is 10.6 Å². The van der Waals surface area contributed by atoms with Gasteiger partial charge in [-0.3, -0.25) is 4.90 Å². The Hall–Kier alpha value is -4.17. The Balaban J connectivity index is 1.46. The lowest BCUT2D eigenvalue weighted by Crippen LogP contribution is -2.57. The van der Waals surface area contributed by atoms with E-state index in [1.807, 2.05) is 61.5 Å². The Kier molecular flexibility index (Phi) is 6.69. The van der Waals surface area contributed by atoms with Gasteiger partial charge < -0.3 is 19.8 Å². The number of aromatic nitrogens is 2. The number of ether oxygens (including phenoxy) is 1. The van der Waals surface area contributed by atoms with E-state index in [-0.39, 0.29) is 18.4 Å². The molecule has 5 rings (SSSR count). The van der Waals surface area contributed by atoms with Crippen molar-refractivity contribution in [2.45, 2.75) is 19.6 Å². The lowest BCUT2D eigenvalue weighted by molar-refractivity contribution is 0.0450. The van der Waals surface area contributed by atoms with Gasteiger partial charge in [0.2, 0.25) is 0 Å². The first kappa shape index (κ1) is 23.6. The van der Waals surface area contributed by atoms with E-state index in [1.165, 1.54) is 4.90 Å². The van der Waals surface area contributed by atoms with Gasteiger partial charge in [0.05, 0.1) is 30.3 Å². The Bertz CT molecular complexity index is 1380. The Labute approximate surface area is 209 Å². The van der Waals surface area contributed by atoms with E-state index in [0.717, 1.165) is 27.8 Å². The first-order chi connectivity index (χ1) is 17.5. The summed E-state index contributed by atoms with van der Waals surface area (Å²) < 4.78 is 5.94. The molecule has 36 heavy (non-hydrogen) atoms. The van der Waals surface area contributed by atoms with E-state index in [9.17, 15) is 15.0 Å². The van der Waals surface area contributed by atoms with Crippen LogP contribution in [0.3, 0.4) is 0 Å². The Morgan fingerprint density at radius 1 is 1.03 bits per heavy atom. The number of benzene rings is 3. The van der Waals surface area contributed by atoms with E-state index in [2.05, 4.69) is 4.90 Å². The van der Waals surface area contributed by atoms with Crippen molar-refractivity contribution in [1.82, 2.24) is 14.9 Å². The number of aromatic hydroxyl groups is 1. The van der Waals surface area contributed by atoms with E-state index >= 15 is 0 Å². The minimum atomic E-state index is -0.957. The van der Waals surface area contributed by atoms with Crippen LogP contribution in [0.5, 0.6) is 5.75 Å². The molecular weight excluding hydrogens is 456 g/mol. The molecule has 4 aromatic rings. The molecule has 1 unspecified atom stereocenters. The number of nitrogens with zero attached hydrogens (tertiary/aromatic N) is 4. The van der Waals surface area contributed by atoms with Crippen molar-refractivity contribution >= 4 is 22.8 Å². The summed E-state index contributed by atoms with van der Waals surface area (Å²) in [5.41, 5.74) is 3.43. The van der Waals surface area contributed by atoms with Crippen LogP contribution in [0.2, 0.25) is 0 Å². The molecule has 2 heterocycles. The SMILES string of the molecule is Cc1ccc2c(N3CCN(C(=O)O)C(COCc4ccccc4)C3)nc(-c3ccccc3O)nc2c1. The van der Waals surface area contributed by atoms with E-state index in [4.69, 9.17) is 14.7 Å². The maximum atomic E-state index is 12.0. The fraction of sp³-hybridized carbons (Fsp3) is 0.250. The normalized spacial score (nSPS) is 15.9. The molecule has 1 aliphatic rings. The molecule has 3 aromatic carbocycles. The second kappa shape index (κ2) is 10.2. The number of aryl methyl sites for hydroxylation is 1. The third-order valence-corrected chi connectivity index (χ3v) is 6.43. The fourth-order valence-corrected chi connectivity index (χ4v) is 4.58. The number of rotatable bonds is 6. The summed E-state index contributed by atoms with van der Waals surface area (Å²) in [4.78, 5) is 25.1. The van der Waals surface area contributed by atoms with Gasteiger partial charge in [-0.2, -0.15) is 0 Å². The van der Waals surface area contributed by atoms with Gasteiger partial charge in [0, 0.05) is 25.0 Å². The van der Waals surface area contributed by atoms with Gasteiger partial charge in [0.1, 0.15) is 11.6 Å². The van der Waals surface area contributed by atoms with Crippen molar-refractivity contribution < 1.29 is 19.7 Å². The van der Waals surface area contributed by atoms with Gasteiger partial charge >= 0.3 is 6.09 Å². The molecule has 0 bridgehead atoms. The number of hydrogen-bond donors (Lipinski definition) is 2. The number of para-hydroxylation sites is 1. The number of hydrogen-bond acceptors (Lipinski definition) is 6. The summed E-state index contributed by atoms with van der Waals surface area (Å²) in [5.74, 6) is 1.26. The van der Waals surface area contributed by atoms with Crippen molar-refractivity contribution in [3.05, 3.63) is 83.9 Å². The summed E-state index contributed by atoms with van der Waals surface area (Å²) in [5, 5.41) is 21.1. The monoisotopic (exact) mass is 484 g/mol. The van der Waals surface area contributed by atoms with Gasteiger partial charge in [0.25, 0.3) is 0 Å². The second-order valence-corrected chi connectivity index (χ2v) is 8.99. The number of piperazine rings is 1. The number of amides is 1. The van der Waals surface area contributed by atoms with E-state index in [1.54, 1.807) is 18.2 Å². The molecular formula is C28H28N4O4. The third-order valence-electron chi connectivity index (χ3n) is 6.43.